The Morgan fingerprint density at radius 3 is 2.58 bits per heavy atom. The predicted octanol–water partition coefficient (Wildman–Crippen LogP) is 2.03. The van der Waals surface area contributed by atoms with Gasteiger partial charge in [-0.15, -0.1) is 0 Å². The Morgan fingerprint density at radius 2 is 1.79 bits per heavy atom. The molecule has 1 aromatic heterocycles. The number of benzene rings is 2. The van der Waals surface area contributed by atoms with Crippen LogP contribution in [0.15, 0.2) is 59.5 Å². The highest BCUT2D eigenvalue weighted by Crippen LogP contribution is 2.10. The number of hydrogen-bond acceptors (Lipinski definition) is 3. The summed E-state index contributed by atoms with van der Waals surface area (Å²) < 4.78 is 1.61. The van der Waals surface area contributed by atoms with Crippen LogP contribution < -0.4 is 11.4 Å². The molecule has 2 N–H and O–H groups in total. The second-order valence-corrected chi connectivity index (χ2v) is 4.45. The summed E-state index contributed by atoms with van der Waals surface area (Å²) in [5, 5.41) is 0.956. The quantitative estimate of drug-likeness (QED) is 0.709. The third-order valence-corrected chi connectivity index (χ3v) is 3.03. The smallest absolute Gasteiger partial charge is 0.348 e. The molecule has 0 saturated carbocycles. The molecule has 1 heterocycles. The third kappa shape index (κ3) is 2.33. The molecule has 0 fully saturated rings. The monoisotopic (exact) mass is 251 g/mol. The first-order valence-electron chi connectivity index (χ1n) is 6.03. The number of aromatic nitrogens is 2. The molecule has 0 radical (unpaired) electrons. The zero-order valence-corrected chi connectivity index (χ0v) is 10.3. The van der Waals surface area contributed by atoms with Crippen molar-refractivity contribution in [2.24, 2.45) is 0 Å². The van der Waals surface area contributed by atoms with Crippen LogP contribution in [-0.2, 0) is 6.54 Å². The Bertz CT molecular complexity index is 775. The molecule has 0 amide bonds. The molecule has 0 aliphatic heterocycles. The van der Waals surface area contributed by atoms with Crippen LogP contribution in [0.3, 0.4) is 0 Å². The Kier molecular flexibility index (Phi) is 2.76. The molecule has 0 aliphatic rings. The van der Waals surface area contributed by atoms with Gasteiger partial charge in [-0.05, 0) is 23.8 Å². The van der Waals surface area contributed by atoms with Crippen molar-refractivity contribution in [1.29, 1.82) is 0 Å². The molecule has 0 atom stereocenters. The van der Waals surface area contributed by atoms with Crippen molar-refractivity contribution in [2.75, 3.05) is 5.73 Å². The van der Waals surface area contributed by atoms with E-state index in [1.165, 1.54) is 0 Å². The lowest BCUT2D eigenvalue weighted by Gasteiger charge is -2.06. The van der Waals surface area contributed by atoms with Gasteiger partial charge in [0.15, 0.2) is 0 Å². The van der Waals surface area contributed by atoms with E-state index in [1.54, 1.807) is 4.57 Å². The summed E-state index contributed by atoms with van der Waals surface area (Å²) in [5.74, 6) is 0. The van der Waals surface area contributed by atoms with Crippen LogP contribution in [0.5, 0.6) is 0 Å². The predicted molar refractivity (Wildman–Crippen MR) is 76.0 cm³/mol. The molecule has 3 rings (SSSR count). The summed E-state index contributed by atoms with van der Waals surface area (Å²) in [4.78, 5) is 16.0. The van der Waals surface area contributed by atoms with Gasteiger partial charge in [-0.1, -0.05) is 30.3 Å². The number of nitrogen functional groups attached to an aromatic ring is 1. The van der Waals surface area contributed by atoms with E-state index in [0.29, 0.717) is 12.2 Å². The lowest BCUT2D eigenvalue weighted by molar-refractivity contribution is 0.738. The third-order valence-electron chi connectivity index (χ3n) is 3.03. The maximum Gasteiger partial charge on any atom is 0.348 e. The molecule has 4 heteroatoms. The minimum atomic E-state index is -0.240. The van der Waals surface area contributed by atoms with Gasteiger partial charge in [0.1, 0.15) is 0 Å². The topological polar surface area (TPSA) is 60.9 Å². The number of anilines is 1. The molecule has 3 aromatic rings. The Balaban J connectivity index is 2.03. The average Bonchev–Trinajstić information content (AvgIpc) is 2.42. The fraction of sp³-hybridized carbons (Fsp3) is 0.0667. The molecular weight excluding hydrogens is 238 g/mol. The molecule has 0 saturated heterocycles. The van der Waals surface area contributed by atoms with Gasteiger partial charge in [0.2, 0.25) is 0 Å². The summed E-state index contributed by atoms with van der Waals surface area (Å²) in [7, 11) is 0. The maximum absolute atomic E-state index is 11.9. The first-order chi connectivity index (χ1) is 9.22. The van der Waals surface area contributed by atoms with Crippen LogP contribution in [-0.4, -0.2) is 9.55 Å². The van der Waals surface area contributed by atoms with Gasteiger partial charge in [-0.3, -0.25) is 4.57 Å². The van der Waals surface area contributed by atoms with E-state index in [0.717, 1.165) is 16.5 Å². The molecule has 94 valence electrons. The number of para-hydroxylation sites is 1. The minimum absolute atomic E-state index is 0.240. The normalized spacial score (nSPS) is 10.7. The second kappa shape index (κ2) is 4.57. The van der Waals surface area contributed by atoms with Crippen LogP contribution in [0.2, 0.25) is 0 Å². The molecule has 0 unspecified atom stereocenters. The maximum atomic E-state index is 11.9. The lowest BCUT2D eigenvalue weighted by Crippen LogP contribution is -2.22. The van der Waals surface area contributed by atoms with Crippen molar-refractivity contribution in [2.45, 2.75) is 6.54 Å². The molecule has 0 bridgehead atoms. The van der Waals surface area contributed by atoms with Crippen LogP contribution >= 0.6 is 0 Å². The van der Waals surface area contributed by atoms with Crippen molar-refractivity contribution < 1.29 is 0 Å². The summed E-state index contributed by atoms with van der Waals surface area (Å²) in [6.45, 7) is 0.497. The van der Waals surface area contributed by atoms with Gasteiger partial charge in [0.05, 0.1) is 12.1 Å². The van der Waals surface area contributed by atoms with Gasteiger partial charge in [-0.25, -0.2) is 4.79 Å². The van der Waals surface area contributed by atoms with Crippen molar-refractivity contribution in [3.8, 4) is 0 Å². The standard InChI is InChI=1S/C15H13N3O/c16-13-7-5-11(6-8-13)9-18-10-12-3-1-2-4-14(12)17-15(18)19/h1-8,10H,9,16H2. The van der Waals surface area contributed by atoms with Crippen molar-refractivity contribution in [3.05, 3.63) is 70.8 Å². The highest BCUT2D eigenvalue weighted by molar-refractivity contribution is 5.77. The van der Waals surface area contributed by atoms with Gasteiger partial charge >= 0.3 is 5.69 Å². The molecule has 4 nitrogen and oxygen atoms in total. The molecule has 0 spiro atoms. The molecule has 2 aromatic carbocycles. The number of rotatable bonds is 2. The molecule has 19 heavy (non-hydrogen) atoms. The van der Waals surface area contributed by atoms with E-state index >= 15 is 0 Å². The average molecular weight is 251 g/mol. The number of hydrogen-bond donors (Lipinski definition) is 1. The van der Waals surface area contributed by atoms with Crippen LogP contribution in [0.4, 0.5) is 5.69 Å². The number of nitrogens with two attached hydrogens (primary N) is 1. The fourth-order valence-electron chi connectivity index (χ4n) is 2.02. The van der Waals surface area contributed by atoms with Gasteiger partial charge < -0.3 is 5.73 Å². The summed E-state index contributed by atoms with van der Waals surface area (Å²) in [5.41, 5.74) is 7.86. The van der Waals surface area contributed by atoms with Gasteiger partial charge in [0.25, 0.3) is 0 Å². The van der Waals surface area contributed by atoms with E-state index in [-0.39, 0.29) is 5.69 Å². The van der Waals surface area contributed by atoms with Gasteiger partial charge in [0, 0.05) is 17.3 Å². The zero-order valence-electron chi connectivity index (χ0n) is 10.3. The first-order valence-corrected chi connectivity index (χ1v) is 6.03. The SMILES string of the molecule is Nc1ccc(Cn2cc3ccccc3nc2=O)cc1. The van der Waals surface area contributed by atoms with E-state index in [2.05, 4.69) is 4.98 Å². The zero-order chi connectivity index (χ0) is 13.2. The van der Waals surface area contributed by atoms with E-state index in [9.17, 15) is 4.79 Å². The van der Waals surface area contributed by atoms with Crippen LogP contribution in [0.1, 0.15) is 5.56 Å². The van der Waals surface area contributed by atoms with Crippen molar-refractivity contribution >= 4 is 16.6 Å². The van der Waals surface area contributed by atoms with E-state index < -0.39 is 0 Å². The van der Waals surface area contributed by atoms with E-state index in [1.807, 2.05) is 54.7 Å². The molecular formula is C15H13N3O. The summed E-state index contributed by atoms with van der Waals surface area (Å²) >= 11 is 0. The van der Waals surface area contributed by atoms with Crippen LogP contribution in [0.25, 0.3) is 10.9 Å². The Hall–Kier alpha value is -2.62. The lowest BCUT2D eigenvalue weighted by atomic mass is 10.2. The van der Waals surface area contributed by atoms with Gasteiger partial charge in [-0.2, -0.15) is 4.98 Å². The Morgan fingerprint density at radius 1 is 1.05 bits per heavy atom. The summed E-state index contributed by atoms with van der Waals surface area (Å²) in [6.07, 6.45) is 1.83. The largest absolute Gasteiger partial charge is 0.399 e. The fourth-order valence-corrected chi connectivity index (χ4v) is 2.02. The number of nitrogens with zero attached hydrogens (tertiary/aromatic N) is 2. The van der Waals surface area contributed by atoms with E-state index in [4.69, 9.17) is 5.73 Å². The van der Waals surface area contributed by atoms with Crippen LogP contribution in [0, 0.1) is 0 Å². The first kappa shape index (κ1) is 11.5. The minimum Gasteiger partial charge on any atom is -0.399 e. The number of fused-ring (bicyclic) bond motifs is 1. The summed E-state index contributed by atoms with van der Waals surface area (Å²) in [6, 6.07) is 15.1. The molecule has 0 aliphatic carbocycles. The van der Waals surface area contributed by atoms with Crippen molar-refractivity contribution in [3.63, 3.8) is 0 Å². The highest BCUT2D eigenvalue weighted by atomic mass is 16.1. The second-order valence-electron chi connectivity index (χ2n) is 4.45. The van der Waals surface area contributed by atoms with Crippen molar-refractivity contribution in [1.82, 2.24) is 9.55 Å². The Labute approximate surface area is 110 Å². The highest BCUT2D eigenvalue weighted by Gasteiger charge is 2.02.